The molecule has 0 aliphatic heterocycles. The van der Waals surface area contributed by atoms with E-state index in [2.05, 4.69) is 37.8 Å². The van der Waals surface area contributed by atoms with Gasteiger partial charge in [-0.15, -0.1) is 5.73 Å². The second-order valence-corrected chi connectivity index (χ2v) is 3.60. The molecule has 0 radical (unpaired) electrons. The summed E-state index contributed by atoms with van der Waals surface area (Å²) in [6.07, 6.45) is 17.4. The van der Waals surface area contributed by atoms with Crippen LogP contribution in [-0.2, 0) is 0 Å². The Morgan fingerprint density at radius 1 is 0.929 bits per heavy atom. The molecule has 0 aromatic heterocycles. The van der Waals surface area contributed by atoms with Crippen molar-refractivity contribution in [1.29, 1.82) is 0 Å². The molecule has 0 fully saturated rings. The summed E-state index contributed by atoms with van der Waals surface area (Å²) in [7, 11) is 0. The molecule has 0 rings (SSSR count). The summed E-state index contributed by atoms with van der Waals surface area (Å²) in [6, 6.07) is 0. The van der Waals surface area contributed by atoms with Crippen LogP contribution in [0.25, 0.3) is 0 Å². The van der Waals surface area contributed by atoms with Crippen molar-refractivity contribution in [1.82, 2.24) is 0 Å². The highest BCUT2D eigenvalue weighted by Gasteiger charge is 1.82. The highest BCUT2D eigenvalue weighted by atomic mass is 13.9. The Hall–Kier alpha value is -0.740. The van der Waals surface area contributed by atoms with Crippen LogP contribution in [0.5, 0.6) is 0 Å². The van der Waals surface area contributed by atoms with Crippen molar-refractivity contribution in [3.8, 4) is 0 Å². The second-order valence-electron chi connectivity index (χ2n) is 3.60. The molecular formula is C14H24. The van der Waals surface area contributed by atoms with Crippen molar-refractivity contribution in [2.75, 3.05) is 0 Å². The van der Waals surface area contributed by atoms with Gasteiger partial charge in [-0.1, -0.05) is 51.7 Å². The molecule has 0 aliphatic rings. The molecule has 0 N–H and O–H groups in total. The summed E-state index contributed by atoms with van der Waals surface area (Å²) >= 11 is 0. The van der Waals surface area contributed by atoms with Gasteiger partial charge in [-0.05, 0) is 31.4 Å². The molecule has 0 bridgehead atoms. The second kappa shape index (κ2) is 12.3. The lowest BCUT2D eigenvalue weighted by Crippen LogP contribution is -1.72. The first-order chi connectivity index (χ1) is 6.91. The number of allylic oxidation sites excluding steroid dienone is 3. The van der Waals surface area contributed by atoms with E-state index in [0.29, 0.717) is 0 Å². The van der Waals surface area contributed by atoms with Crippen LogP contribution in [0.15, 0.2) is 30.0 Å². The van der Waals surface area contributed by atoms with E-state index < -0.39 is 0 Å². The molecule has 80 valence electrons. The van der Waals surface area contributed by atoms with Crippen LogP contribution in [0.4, 0.5) is 0 Å². The lowest BCUT2D eigenvalue weighted by molar-refractivity contribution is 0.675. The number of hydrogen-bond donors (Lipinski definition) is 0. The molecule has 0 nitrogen and oxygen atoms in total. The first-order valence-corrected chi connectivity index (χ1v) is 5.97. The van der Waals surface area contributed by atoms with Gasteiger partial charge in [0.05, 0.1) is 0 Å². The fourth-order valence-corrected chi connectivity index (χ4v) is 1.21. The Kier molecular flexibility index (Phi) is 11.6. The van der Waals surface area contributed by atoms with Gasteiger partial charge >= 0.3 is 0 Å². The zero-order valence-electron chi connectivity index (χ0n) is 9.76. The molecule has 0 heteroatoms. The van der Waals surface area contributed by atoms with E-state index in [4.69, 9.17) is 0 Å². The van der Waals surface area contributed by atoms with E-state index in [1.807, 2.05) is 6.08 Å². The zero-order valence-corrected chi connectivity index (χ0v) is 9.76. The molecule has 14 heavy (non-hydrogen) atoms. The van der Waals surface area contributed by atoms with Gasteiger partial charge in [0.15, 0.2) is 0 Å². The van der Waals surface area contributed by atoms with Gasteiger partial charge in [0.1, 0.15) is 0 Å². The highest BCUT2D eigenvalue weighted by Crippen LogP contribution is 2.02. The standard InChI is InChI=1S/C14H24/c1-3-5-7-9-11-13-14-12-10-8-6-4-2/h7,9,11,14H,3-6,8,10,12H2,1-2H3/b9-7+. The van der Waals surface area contributed by atoms with E-state index in [1.165, 1.54) is 44.9 Å². The van der Waals surface area contributed by atoms with Crippen LogP contribution in [0.1, 0.15) is 58.8 Å². The fraction of sp³-hybridized carbons (Fsp3) is 0.643. The van der Waals surface area contributed by atoms with Gasteiger partial charge < -0.3 is 0 Å². The minimum atomic E-state index is 1.18. The summed E-state index contributed by atoms with van der Waals surface area (Å²) in [6.45, 7) is 4.44. The molecule has 0 amide bonds. The molecular weight excluding hydrogens is 168 g/mol. The smallest absolute Gasteiger partial charge is 0.0206 e. The lowest BCUT2D eigenvalue weighted by atomic mass is 10.1. The van der Waals surface area contributed by atoms with Crippen LogP contribution in [0, 0.1) is 0 Å². The molecule has 0 heterocycles. The largest absolute Gasteiger partial charge is 0.125 e. The van der Waals surface area contributed by atoms with Crippen molar-refractivity contribution in [2.45, 2.75) is 58.8 Å². The molecule has 0 spiro atoms. The van der Waals surface area contributed by atoms with Gasteiger partial charge in [0, 0.05) is 0 Å². The first kappa shape index (κ1) is 13.3. The predicted octanol–water partition coefficient (Wildman–Crippen LogP) is 5.02. The predicted molar refractivity (Wildman–Crippen MR) is 65.5 cm³/mol. The lowest BCUT2D eigenvalue weighted by Gasteiger charge is -1.91. The average molecular weight is 192 g/mol. The van der Waals surface area contributed by atoms with Gasteiger partial charge in [-0.25, -0.2) is 0 Å². The van der Waals surface area contributed by atoms with Crippen molar-refractivity contribution >= 4 is 0 Å². The summed E-state index contributed by atoms with van der Waals surface area (Å²) in [5.41, 5.74) is 3.18. The SMILES string of the molecule is CCC/C=C/C=C=CCCCCCC. The normalized spacial score (nSPS) is 10.1. The maximum atomic E-state index is 3.18. The molecule has 0 aliphatic carbocycles. The van der Waals surface area contributed by atoms with Crippen molar-refractivity contribution in [3.63, 3.8) is 0 Å². The Labute approximate surface area is 89.4 Å². The van der Waals surface area contributed by atoms with Crippen LogP contribution in [0.3, 0.4) is 0 Å². The summed E-state index contributed by atoms with van der Waals surface area (Å²) in [4.78, 5) is 0. The first-order valence-electron chi connectivity index (χ1n) is 5.97. The van der Waals surface area contributed by atoms with Crippen molar-refractivity contribution in [2.24, 2.45) is 0 Å². The third kappa shape index (κ3) is 11.3. The van der Waals surface area contributed by atoms with E-state index in [1.54, 1.807) is 0 Å². The van der Waals surface area contributed by atoms with E-state index in [-0.39, 0.29) is 0 Å². The number of hydrogen-bond acceptors (Lipinski definition) is 0. The Morgan fingerprint density at radius 3 is 2.50 bits per heavy atom. The van der Waals surface area contributed by atoms with E-state index >= 15 is 0 Å². The Morgan fingerprint density at radius 2 is 1.79 bits per heavy atom. The zero-order chi connectivity index (χ0) is 10.5. The Bertz CT molecular complexity index is 180. The Balaban J connectivity index is 3.32. The molecule has 0 saturated heterocycles. The maximum absolute atomic E-state index is 3.18. The van der Waals surface area contributed by atoms with Gasteiger partial charge in [-0.3, -0.25) is 0 Å². The van der Waals surface area contributed by atoms with E-state index in [9.17, 15) is 0 Å². The van der Waals surface area contributed by atoms with Crippen LogP contribution in [0.2, 0.25) is 0 Å². The summed E-state index contributed by atoms with van der Waals surface area (Å²) in [5.74, 6) is 0. The number of rotatable bonds is 8. The third-order valence-corrected chi connectivity index (χ3v) is 2.10. The molecule has 0 aromatic rings. The summed E-state index contributed by atoms with van der Waals surface area (Å²) in [5, 5.41) is 0. The summed E-state index contributed by atoms with van der Waals surface area (Å²) < 4.78 is 0. The minimum absolute atomic E-state index is 1.18. The number of unbranched alkanes of at least 4 members (excludes halogenated alkanes) is 5. The highest BCUT2D eigenvalue weighted by molar-refractivity contribution is 5.02. The van der Waals surface area contributed by atoms with Gasteiger partial charge in [0.2, 0.25) is 0 Å². The van der Waals surface area contributed by atoms with Gasteiger partial charge in [-0.2, -0.15) is 0 Å². The molecule has 0 unspecified atom stereocenters. The van der Waals surface area contributed by atoms with Crippen molar-refractivity contribution < 1.29 is 0 Å². The van der Waals surface area contributed by atoms with Crippen LogP contribution >= 0.6 is 0 Å². The van der Waals surface area contributed by atoms with Crippen LogP contribution < -0.4 is 0 Å². The average Bonchev–Trinajstić information content (AvgIpc) is 2.21. The van der Waals surface area contributed by atoms with Crippen LogP contribution in [-0.4, -0.2) is 0 Å². The van der Waals surface area contributed by atoms with Crippen molar-refractivity contribution in [3.05, 3.63) is 30.0 Å². The van der Waals surface area contributed by atoms with Gasteiger partial charge in [0.25, 0.3) is 0 Å². The topological polar surface area (TPSA) is 0 Å². The third-order valence-electron chi connectivity index (χ3n) is 2.10. The fourth-order valence-electron chi connectivity index (χ4n) is 1.21. The minimum Gasteiger partial charge on any atom is -0.125 e. The van der Waals surface area contributed by atoms with E-state index in [0.717, 1.165) is 0 Å². The molecule has 0 aromatic carbocycles. The quantitative estimate of drug-likeness (QED) is 0.287. The molecule has 0 saturated carbocycles. The monoisotopic (exact) mass is 192 g/mol. The maximum Gasteiger partial charge on any atom is -0.0206 e. The molecule has 0 atom stereocenters.